The van der Waals surface area contributed by atoms with Gasteiger partial charge in [-0.15, -0.1) is 0 Å². The molecule has 0 aliphatic carbocycles. The zero-order valence-corrected chi connectivity index (χ0v) is 16.7. The number of Topliss-reactive ketones (excluding diaryl/α,β-unsaturated/α-hetero) is 1. The van der Waals surface area contributed by atoms with E-state index in [1.165, 1.54) is 18.2 Å². The number of aryl methyl sites for hydroxylation is 1. The van der Waals surface area contributed by atoms with E-state index in [0.717, 1.165) is 23.8 Å². The summed E-state index contributed by atoms with van der Waals surface area (Å²) in [6.45, 7) is 3.38. The largest absolute Gasteiger partial charge is 0.416 e. The van der Waals surface area contributed by atoms with Gasteiger partial charge >= 0.3 is 6.18 Å². The summed E-state index contributed by atoms with van der Waals surface area (Å²) in [6, 6.07) is 11.7. The zero-order valence-electron chi connectivity index (χ0n) is 16.7. The van der Waals surface area contributed by atoms with Crippen LogP contribution < -0.4 is 5.32 Å². The zero-order chi connectivity index (χ0) is 22.8. The third-order valence-electron chi connectivity index (χ3n) is 4.69. The van der Waals surface area contributed by atoms with Crippen LogP contribution in [0, 0.1) is 12.9 Å². The minimum Gasteiger partial charge on any atom is -0.322 e. The van der Waals surface area contributed by atoms with Crippen LogP contribution in [0.3, 0.4) is 0 Å². The second-order valence-electron chi connectivity index (χ2n) is 6.87. The average molecular weight is 430 g/mol. The van der Waals surface area contributed by atoms with E-state index in [2.05, 4.69) is 10.3 Å². The quantitative estimate of drug-likeness (QED) is 0.304. The predicted octanol–water partition coefficient (Wildman–Crippen LogP) is 6.06. The maximum absolute atomic E-state index is 14.3. The van der Waals surface area contributed by atoms with Gasteiger partial charge in [-0.1, -0.05) is 19.1 Å². The molecule has 31 heavy (non-hydrogen) atoms. The number of rotatable bonds is 5. The van der Waals surface area contributed by atoms with Crippen molar-refractivity contribution in [1.82, 2.24) is 4.98 Å². The highest BCUT2D eigenvalue weighted by atomic mass is 19.4. The lowest BCUT2D eigenvalue weighted by Crippen LogP contribution is -2.14. The lowest BCUT2D eigenvalue weighted by atomic mass is 10.0. The summed E-state index contributed by atoms with van der Waals surface area (Å²) in [6.07, 6.45) is -4.41. The SMILES string of the molecule is CCC(=O)c1ccc(-c2cc(NC(=O)c3cccc(C(F)(F)F)c3)ccc2C)nc1F. The number of halogens is 4. The Morgan fingerprint density at radius 2 is 1.77 bits per heavy atom. The first-order valence-corrected chi connectivity index (χ1v) is 9.39. The molecule has 8 heteroatoms. The van der Waals surface area contributed by atoms with Gasteiger partial charge < -0.3 is 5.32 Å². The average Bonchev–Trinajstić information content (AvgIpc) is 2.74. The number of pyridine rings is 1. The van der Waals surface area contributed by atoms with Gasteiger partial charge in [0, 0.05) is 23.2 Å². The third kappa shape index (κ3) is 4.96. The molecule has 0 radical (unpaired) electrons. The molecule has 0 aliphatic heterocycles. The van der Waals surface area contributed by atoms with Crippen molar-refractivity contribution in [3.8, 4) is 11.3 Å². The summed E-state index contributed by atoms with van der Waals surface area (Å²) in [7, 11) is 0. The number of nitrogens with one attached hydrogen (secondary N) is 1. The van der Waals surface area contributed by atoms with Crippen LogP contribution in [0.1, 0.15) is 45.2 Å². The number of hydrogen-bond donors (Lipinski definition) is 1. The molecule has 1 N–H and O–H groups in total. The lowest BCUT2D eigenvalue weighted by molar-refractivity contribution is -0.137. The van der Waals surface area contributed by atoms with E-state index in [9.17, 15) is 27.2 Å². The minimum atomic E-state index is -4.56. The Morgan fingerprint density at radius 1 is 1.03 bits per heavy atom. The molecule has 4 nitrogen and oxygen atoms in total. The van der Waals surface area contributed by atoms with Crippen molar-refractivity contribution in [2.24, 2.45) is 0 Å². The van der Waals surface area contributed by atoms with Crippen LogP contribution in [0.4, 0.5) is 23.2 Å². The number of ketones is 1. The summed E-state index contributed by atoms with van der Waals surface area (Å²) in [5.41, 5.74) is 0.638. The predicted molar refractivity (Wildman–Crippen MR) is 108 cm³/mol. The smallest absolute Gasteiger partial charge is 0.322 e. The van der Waals surface area contributed by atoms with Crippen molar-refractivity contribution in [3.63, 3.8) is 0 Å². The first-order chi connectivity index (χ1) is 14.6. The molecule has 160 valence electrons. The Kier molecular flexibility index (Phi) is 6.19. The normalized spacial score (nSPS) is 11.3. The van der Waals surface area contributed by atoms with E-state index in [0.29, 0.717) is 11.3 Å². The molecule has 3 aromatic rings. The van der Waals surface area contributed by atoms with Gasteiger partial charge in [-0.05, 0) is 55.0 Å². The van der Waals surface area contributed by atoms with Crippen LogP contribution in [0.2, 0.25) is 0 Å². The van der Waals surface area contributed by atoms with Crippen molar-refractivity contribution in [3.05, 3.63) is 82.8 Å². The van der Waals surface area contributed by atoms with Crippen LogP contribution in [0.5, 0.6) is 0 Å². The monoisotopic (exact) mass is 430 g/mol. The van der Waals surface area contributed by atoms with Gasteiger partial charge in [-0.25, -0.2) is 4.98 Å². The van der Waals surface area contributed by atoms with E-state index in [1.54, 1.807) is 32.0 Å². The van der Waals surface area contributed by atoms with Crippen LogP contribution in [0.15, 0.2) is 54.6 Å². The highest BCUT2D eigenvalue weighted by Gasteiger charge is 2.30. The summed E-state index contributed by atoms with van der Waals surface area (Å²) < 4.78 is 52.9. The first kappa shape index (κ1) is 22.1. The summed E-state index contributed by atoms with van der Waals surface area (Å²) >= 11 is 0. The Balaban J connectivity index is 1.89. The molecule has 0 aliphatic rings. The van der Waals surface area contributed by atoms with Gasteiger partial charge in [0.1, 0.15) is 0 Å². The highest BCUT2D eigenvalue weighted by Crippen LogP contribution is 2.30. The van der Waals surface area contributed by atoms with Gasteiger partial charge in [0.05, 0.1) is 16.8 Å². The number of amides is 1. The van der Waals surface area contributed by atoms with Crippen LogP contribution in [-0.4, -0.2) is 16.7 Å². The summed E-state index contributed by atoms with van der Waals surface area (Å²) in [5.74, 6) is -1.97. The molecule has 3 rings (SSSR count). The minimum absolute atomic E-state index is 0.0992. The second kappa shape index (κ2) is 8.67. The molecule has 1 heterocycles. The maximum atomic E-state index is 14.3. The van der Waals surface area contributed by atoms with E-state index in [1.807, 2.05) is 0 Å². The maximum Gasteiger partial charge on any atom is 0.416 e. The molecule has 0 saturated carbocycles. The van der Waals surface area contributed by atoms with Gasteiger partial charge in [-0.2, -0.15) is 17.6 Å². The van der Waals surface area contributed by atoms with Gasteiger partial charge in [-0.3, -0.25) is 9.59 Å². The highest BCUT2D eigenvalue weighted by molar-refractivity contribution is 6.04. The van der Waals surface area contributed by atoms with Crippen molar-refractivity contribution < 1.29 is 27.2 Å². The van der Waals surface area contributed by atoms with Crippen molar-refractivity contribution in [1.29, 1.82) is 0 Å². The molecule has 0 spiro atoms. The van der Waals surface area contributed by atoms with E-state index in [-0.39, 0.29) is 29.0 Å². The first-order valence-electron chi connectivity index (χ1n) is 9.39. The Hall–Kier alpha value is -3.55. The Bertz CT molecular complexity index is 1160. The van der Waals surface area contributed by atoms with Crippen molar-refractivity contribution in [2.45, 2.75) is 26.4 Å². The number of carbonyl (C=O) groups is 2. The van der Waals surface area contributed by atoms with Gasteiger partial charge in [0.25, 0.3) is 5.91 Å². The van der Waals surface area contributed by atoms with Gasteiger partial charge in [0.15, 0.2) is 5.78 Å². The third-order valence-corrected chi connectivity index (χ3v) is 4.69. The molecule has 1 aromatic heterocycles. The fourth-order valence-corrected chi connectivity index (χ4v) is 3.00. The number of anilines is 1. The van der Waals surface area contributed by atoms with Crippen LogP contribution in [-0.2, 0) is 6.18 Å². The molecule has 0 bridgehead atoms. The fourth-order valence-electron chi connectivity index (χ4n) is 3.00. The molecule has 0 fully saturated rings. The van der Waals surface area contributed by atoms with Crippen molar-refractivity contribution in [2.75, 3.05) is 5.32 Å². The second-order valence-corrected chi connectivity index (χ2v) is 6.87. The molecule has 1 amide bonds. The molecule has 2 aromatic carbocycles. The molecular formula is C23H18F4N2O2. The number of carbonyl (C=O) groups excluding carboxylic acids is 2. The Labute approximate surface area is 175 Å². The summed E-state index contributed by atoms with van der Waals surface area (Å²) in [5, 5.41) is 2.55. The molecular weight excluding hydrogens is 412 g/mol. The molecule has 0 unspecified atom stereocenters. The standard InChI is InChI=1S/C23H18F4N2O2/c1-3-20(30)17-9-10-19(29-21(17)24)18-12-16(8-7-13(18)2)28-22(31)14-5-4-6-15(11-14)23(25,26)27/h4-12H,3H2,1-2H3,(H,28,31). The topological polar surface area (TPSA) is 59.1 Å². The number of benzene rings is 2. The summed E-state index contributed by atoms with van der Waals surface area (Å²) in [4.78, 5) is 28.1. The van der Waals surface area contributed by atoms with E-state index >= 15 is 0 Å². The molecule has 0 saturated heterocycles. The van der Waals surface area contributed by atoms with Gasteiger partial charge in [0.2, 0.25) is 5.95 Å². The van der Waals surface area contributed by atoms with E-state index in [4.69, 9.17) is 0 Å². The van der Waals surface area contributed by atoms with E-state index < -0.39 is 23.6 Å². The molecule has 0 atom stereocenters. The Morgan fingerprint density at radius 3 is 2.42 bits per heavy atom. The van der Waals surface area contributed by atoms with Crippen LogP contribution >= 0.6 is 0 Å². The fraction of sp³-hybridized carbons (Fsp3) is 0.174. The number of aromatic nitrogens is 1. The number of hydrogen-bond acceptors (Lipinski definition) is 3. The van der Waals surface area contributed by atoms with Crippen LogP contribution in [0.25, 0.3) is 11.3 Å². The van der Waals surface area contributed by atoms with Crippen molar-refractivity contribution >= 4 is 17.4 Å². The number of alkyl halides is 3. The number of nitrogens with zero attached hydrogens (tertiary/aromatic N) is 1. The lowest BCUT2D eigenvalue weighted by Gasteiger charge is -2.12.